The first kappa shape index (κ1) is 24.9. The van der Waals surface area contributed by atoms with Crippen molar-refractivity contribution in [2.24, 2.45) is 0 Å². The summed E-state index contributed by atoms with van der Waals surface area (Å²) in [6.07, 6.45) is 13.3. The van der Waals surface area contributed by atoms with Crippen LogP contribution in [0.1, 0.15) is 110 Å². The molecule has 154 valence electrons. The fraction of sp³-hybridized carbons (Fsp3) is 0.905. The number of rotatable bonds is 18. The van der Waals surface area contributed by atoms with E-state index in [1.165, 1.54) is 57.8 Å². The van der Waals surface area contributed by atoms with Gasteiger partial charge in [0.05, 0.1) is 18.9 Å². The maximum Gasteiger partial charge on any atom is 0.308 e. The van der Waals surface area contributed by atoms with E-state index in [0.717, 1.165) is 12.8 Å². The molecule has 2 atom stereocenters. The Morgan fingerprint density at radius 1 is 0.808 bits per heavy atom. The molecule has 0 aromatic heterocycles. The molecular weight excluding hydrogens is 332 g/mol. The van der Waals surface area contributed by atoms with Gasteiger partial charge in [0.2, 0.25) is 0 Å². The number of carboxylic acids is 1. The van der Waals surface area contributed by atoms with E-state index in [4.69, 9.17) is 9.84 Å². The highest BCUT2D eigenvalue weighted by Crippen LogP contribution is 2.14. The Morgan fingerprint density at radius 3 is 1.77 bits per heavy atom. The number of carboxylic acid groups (broad SMARTS) is 1. The van der Waals surface area contributed by atoms with Gasteiger partial charge in [-0.05, 0) is 12.8 Å². The van der Waals surface area contributed by atoms with Crippen molar-refractivity contribution in [1.29, 1.82) is 0 Å². The van der Waals surface area contributed by atoms with Crippen LogP contribution in [0.25, 0.3) is 0 Å². The van der Waals surface area contributed by atoms with Crippen LogP contribution >= 0.6 is 0 Å². The zero-order valence-corrected chi connectivity index (χ0v) is 16.9. The van der Waals surface area contributed by atoms with Crippen molar-refractivity contribution >= 4 is 11.9 Å². The fourth-order valence-corrected chi connectivity index (χ4v) is 3.04. The molecule has 0 saturated carbocycles. The van der Waals surface area contributed by atoms with Crippen molar-refractivity contribution in [3.63, 3.8) is 0 Å². The van der Waals surface area contributed by atoms with Gasteiger partial charge in [0, 0.05) is 0 Å². The average molecular weight is 373 g/mol. The van der Waals surface area contributed by atoms with Crippen molar-refractivity contribution in [1.82, 2.24) is 0 Å². The Labute approximate surface area is 159 Å². The first-order chi connectivity index (χ1) is 12.5. The number of unbranched alkanes of at least 4 members (excludes halogenated alkanes) is 10. The van der Waals surface area contributed by atoms with E-state index in [0.29, 0.717) is 12.8 Å². The largest absolute Gasteiger partial charge is 0.481 e. The second kappa shape index (κ2) is 17.3. The van der Waals surface area contributed by atoms with E-state index in [1.807, 2.05) is 0 Å². The minimum atomic E-state index is -0.980. The molecule has 2 unspecified atom stereocenters. The van der Waals surface area contributed by atoms with Gasteiger partial charge in [0.1, 0.15) is 6.10 Å². The molecule has 0 heterocycles. The summed E-state index contributed by atoms with van der Waals surface area (Å²) in [4.78, 5) is 22.4. The number of hydrogen-bond acceptors (Lipinski definition) is 4. The van der Waals surface area contributed by atoms with Crippen molar-refractivity contribution in [2.45, 2.75) is 122 Å². The summed E-state index contributed by atoms with van der Waals surface area (Å²) in [5, 5.41) is 18.7. The standard InChI is InChI=1S/C21H40O5/c1-3-5-6-7-8-9-10-11-12-13-14-15-18(22)16-21(25)26-19(4-2)17-20(23)24/h18-19,22H,3-17H2,1-2H3,(H,23,24). The van der Waals surface area contributed by atoms with E-state index in [1.54, 1.807) is 6.92 Å². The van der Waals surface area contributed by atoms with Gasteiger partial charge in [-0.3, -0.25) is 9.59 Å². The van der Waals surface area contributed by atoms with Crippen LogP contribution in [0.5, 0.6) is 0 Å². The highest BCUT2D eigenvalue weighted by Gasteiger charge is 2.18. The highest BCUT2D eigenvalue weighted by atomic mass is 16.5. The van der Waals surface area contributed by atoms with Crippen LogP contribution in [0.3, 0.4) is 0 Å². The zero-order chi connectivity index (χ0) is 19.6. The summed E-state index contributed by atoms with van der Waals surface area (Å²) in [6, 6.07) is 0. The number of aliphatic hydroxyl groups excluding tert-OH is 1. The van der Waals surface area contributed by atoms with Crippen LogP contribution in [0.2, 0.25) is 0 Å². The van der Waals surface area contributed by atoms with Gasteiger partial charge in [-0.2, -0.15) is 0 Å². The monoisotopic (exact) mass is 372 g/mol. The lowest BCUT2D eigenvalue weighted by atomic mass is 10.0. The van der Waals surface area contributed by atoms with Crippen LogP contribution in [0, 0.1) is 0 Å². The molecule has 0 rings (SSSR count). The summed E-state index contributed by atoms with van der Waals surface area (Å²) in [7, 11) is 0. The third-order valence-corrected chi connectivity index (χ3v) is 4.70. The molecule has 0 aliphatic heterocycles. The maximum atomic E-state index is 11.7. The number of ether oxygens (including phenoxy) is 1. The van der Waals surface area contributed by atoms with E-state index >= 15 is 0 Å². The quantitative estimate of drug-likeness (QED) is 0.254. The molecule has 0 bridgehead atoms. The van der Waals surface area contributed by atoms with Crippen molar-refractivity contribution in [3.8, 4) is 0 Å². The zero-order valence-electron chi connectivity index (χ0n) is 16.9. The molecule has 0 aromatic carbocycles. The molecule has 2 N–H and O–H groups in total. The van der Waals surface area contributed by atoms with Crippen LogP contribution in [-0.4, -0.2) is 34.4 Å². The topological polar surface area (TPSA) is 83.8 Å². The van der Waals surface area contributed by atoms with Gasteiger partial charge < -0.3 is 14.9 Å². The Balaban J connectivity index is 3.54. The lowest BCUT2D eigenvalue weighted by molar-refractivity contribution is -0.154. The third-order valence-electron chi connectivity index (χ3n) is 4.70. The average Bonchev–Trinajstić information content (AvgIpc) is 2.58. The molecule has 5 nitrogen and oxygen atoms in total. The molecule has 0 radical (unpaired) electrons. The van der Waals surface area contributed by atoms with Crippen LogP contribution in [0.4, 0.5) is 0 Å². The van der Waals surface area contributed by atoms with Gasteiger partial charge >= 0.3 is 11.9 Å². The lowest BCUT2D eigenvalue weighted by Gasteiger charge is -2.16. The lowest BCUT2D eigenvalue weighted by Crippen LogP contribution is -2.23. The summed E-state index contributed by atoms with van der Waals surface area (Å²) >= 11 is 0. The number of aliphatic hydroxyl groups is 1. The first-order valence-corrected chi connectivity index (χ1v) is 10.6. The van der Waals surface area contributed by atoms with Gasteiger partial charge in [-0.25, -0.2) is 0 Å². The normalized spacial score (nSPS) is 13.3. The van der Waals surface area contributed by atoms with Crippen LogP contribution < -0.4 is 0 Å². The van der Waals surface area contributed by atoms with E-state index in [9.17, 15) is 14.7 Å². The van der Waals surface area contributed by atoms with Gasteiger partial charge in [-0.15, -0.1) is 0 Å². The van der Waals surface area contributed by atoms with Crippen molar-refractivity contribution in [3.05, 3.63) is 0 Å². The molecule has 0 aliphatic rings. The predicted molar refractivity (Wildman–Crippen MR) is 104 cm³/mol. The molecule has 0 aromatic rings. The number of esters is 1. The number of hydrogen-bond donors (Lipinski definition) is 2. The third kappa shape index (κ3) is 16.4. The number of carbonyl (C=O) groups is 2. The second-order valence-electron chi connectivity index (χ2n) is 7.30. The van der Waals surface area contributed by atoms with E-state index in [2.05, 4.69) is 6.92 Å². The van der Waals surface area contributed by atoms with E-state index < -0.39 is 24.1 Å². The van der Waals surface area contributed by atoms with E-state index in [-0.39, 0.29) is 12.8 Å². The first-order valence-electron chi connectivity index (χ1n) is 10.6. The van der Waals surface area contributed by atoms with Gasteiger partial charge in [0.15, 0.2) is 0 Å². The fourth-order valence-electron chi connectivity index (χ4n) is 3.04. The Kier molecular flexibility index (Phi) is 16.6. The smallest absolute Gasteiger partial charge is 0.308 e. The molecule has 0 aliphatic carbocycles. The second-order valence-corrected chi connectivity index (χ2v) is 7.30. The minimum Gasteiger partial charge on any atom is -0.481 e. The van der Waals surface area contributed by atoms with Gasteiger partial charge in [-0.1, -0.05) is 84.5 Å². The Bertz CT molecular complexity index is 356. The molecule has 0 saturated heterocycles. The van der Waals surface area contributed by atoms with Crippen LogP contribution in [-0.2, 0) is 14.3 Å². The summed E-state index contributed by atoms with van der Waals surface area (Å²) in [5.74, 6) is -1.49. The van der Waals surface area contributed by atoms with Crippen molar-refractivity contribution in [2.75, 3.05) is 0 Å². The molecule has 0 amide bonds. The molecule has 5 heteroatoms. The molecular formula is C21H40O5. The Morgan fingerprint density at radius 2 is 1.31 bits per heavy atom. The number of aliphatic carboxylic acids is 1. The highest BCUT2D eigenvalue weighted by molar-refractivity contribution is 5.71. The molecule has 0 fully saturated rings. The number of carbonyl (C=O) groups excluding carboxylic acids is 1. The maximum absolute atomic E-state index is 11.7. The minimum absolute atomic E-state index is 0.0477. The SMILES string of the molecule is CCCCCCCCCCCCCC(O)CC(=O)OC(CC)CC(=O)O. The summed E-state index contributed by atoms with van der Waals surface area (Å²) < 4.78 is 5.11. The molecule has 0 spiro atoms. The predicted octanol–water partition coefficient (Wildman–Crippen LogP) is 5.24. The summed E-state index contributed by atoms with van der Waals surface area (Å²) in [6.45, 7) is 4.02. The van der Waals surface area contributed by atoms with Crippen molar-refractivity contribution < 1.29 is 24.5 Å². The summed E-state index contributed by atoms with van der Waals surface area (Å²) in [5.41, 5.74) is 0. The Hall–Kier alpha value is -1.10. The van der Waals surface area contributed by atoms with Gasteiger partial charge in [0.25, 0.3) is 0 Å². The molecule has 26 heavy (non-hydrogen) atoms. The van der Waals surface area contributed by atoms with Crippen LogP contribution in [0.15, 0.2) is 0 Å².